The van der Waals surface area contributed by atoms with Gasteiger partial charge in [0.25, 0.3) is 0 Å². The summed E-state index contributed by atoms with van der Waals surface area (Å²) < 4.78 is 5.26. The number of halogens is 1. The standard InChI is InChI=1S/C16H21ClN2O/c1-11-14-7-13(17)3-4-15(14)18-16(11)9-19-6-5-12(8-19)10-20-2/h3-4,7,12,18H,5-6,8-10H2,1-2H3/t12-/m1/s1. The molecule has 1 fully saturated rings. The van der Waals surface area contributed by atoms with E-state index < -0.39 is 0 Å². The summed E-state index contributed by atoms with van der Waals surface area (Å²) in [5.74, 6) is 0.680. The van der Waals surface area contributed by atoms with Crippen LogP contribution in [-0.4, -0.2) is 36.7 Å². The van der Waals surface area contributed by atoms with Crippen molar-refractivity contribution in [2.24, 2.45) is 5.92 Å². The Bertz CT molecular complexity index is 608. The van der Waals surface area contributed by atoms with E-state index in [1.807, 2.05) is 12.1 Å². The lowest BCUT2D eigenvalue weighted by molar-refractivity contribution is 0.152. The van der Waals surface area contributed by atoms with Gasteiger partial charge < -0.3 is 9.72 Å². The number of methoxy groups -OCH3 is 1. The molecule has 1 aromatic heterocycles. The molecule has 1 aromatic carbocycles. The topological polar surface area (TPSA) is 28.3 Å². The average Bonchev–Trinajstić information content (AvgIpc) is 2.98. The third kappa shape index (κ3) is 2.71. The monoisotopic (exact) mass is 292 g/mol. The largest absolute Gasteiger partial charge is 0.384 e. The van der Waals surface area contributed by atoms with Crippen LogP contribution in [0.25, 0.3) is 10.9 Å². The molecule has 0 radical (unpaired) electrons. The first-order chi connectivity index (χ1) is 9.67. The van der Waals surface area contributed by atoms with Crippen molar-refractivity contribution in [2.45, 2.75) is 19.9 Å². The fraction of sp³-hybridized carbons (Fsp3) is 0.500. The van der Waals surface area contributed by atoms with E-state index in [1.165, 1.54) is 28.6 Å². The van der Waals surface area contributed by atoms with Crippen LogP contribution in [0.15, 0.2) is 18.2 Å². The van der Waals surface area contributed by atoms with Gasteiger partial charge in [-0.25, -0.2) is 0 Å². The Labute approximate surface area is 124 Å². The minimum absolute atomic E-state index is 0.680. The molecule has 0 amide bonds. The van der Waals surface area contributed by atoms with Crippen LogP contribution in [-0.2, 0) is 11.3 Å². The third-order valence-electron chi connectivity index (χ3n) is 4.28. The van der Waals surface area contributed by atoms with Crippen molar-refractivity contribution in [3.05, 3.63) is 34.5 Å². The molecule has 0 saturated carbocycles. The van der Waals surface area contributed by atoms with Gasteiger partial charge in [0.15, 0.2) is 0 Å². The average molecular weight is 293 g/mol. The molecule has 4 heteroatoms. The smallest absolute Gasteiger partial charge is 0.0503 e. The second kappa shape index (κ2) is 5.76. The zero-order chi connectivity index (χ0) is 14.1. The number of hydrogen-bond acceptors (Lipinski definition) is 2. The molecule has 1 aliphatic rings. The number of aromatic amines is 1. The molecule has 0 bridgehead atoms. The van der Waals surface area contributed by atoms with Crippen molar-refractivity contribution < 1.29 is 4.74 Å². The van der Waals surface area contributed by atoms with Crippen molar-refractivity contribution in [3.8, 4) is 0 Å². The van der Waals surface area contributed by atoms with Crippen LogP contribution in [0.3, 0.4) is 0 Å². The van der Waals surface area contributed by atoms with Gasteiger partial charge in [0, 0.05) is 41.8 Å². The van der Waals surface area contributed by atoms with E-state index in [2.05, 4.69) is 22.9 Å². The molecule has 0 aliphatic carbocycles. The molecule has 3 rings (SSSR count). The zero-order valence-electron chi connectivity index (χ0n) is 12.1. The number of hydrogen-bond donors (Lipinski definition) is 1. The van der Waals surface area contributed by atoms with Crippen LogP contribution >= 0.6 is 11.6 Å². The first-order valence-electron chi connectivity index (χ1n) is 7.15. The summed E-state index contributed by atoms with van der Waals surface area (Å²) in [7, 11) is 1.79. The van der Waals surface area contributed by atoms with Gasteiger partial charge in [-0.1, -0.05) is 11.6 Å². The summed E-state index contributed by atoms with van der Waals surface area (Å²) in [6.07, 6.45) is 1.24. The number of benzene rings is 1. The summed E-state index contributed by atoms with van der Waals surface area (Å²) in [4.78, 5) is 6.04. The lowest BCUT2D eigenvalue weighted by Crippen LogP contribution is -2.21. The van der Waals surface area contributed by atoms with E-state index >= 15 is 0 Å². The maximum absolute atomic E-state index is 6.09. The molecule has 2 aromatic rings. The Morgan fingerprint density at radius 3 is 3.10 bits per heavy atom. The lowest BCUT2D eigenvalue weighted by Gasteiger charge is -2.15. The number of likely N-dealkylation sites (tertiary alicyclic amines) is 1. The quantitative estimate of drug-likeness (QED) is 0.932. The molecule has 1 aliphatic heterocycles. The normalized spacial score (nSPS) is 20.1. The summed E-state index contributed by atoms with van der Waals surface area (Å²) in [6.45, 7) is 6.32. The Balaban J connectivity index is 1.76. The van der Waals surface area contributed by atoms with E-state index in [4.69, 9.17) is 16.3 Å². The van der Waals surface area contributed by atoms with Gasteiger partial charge >= 0.3 is 0 Å². The second-order valence-electron chi connectivity index (χ2n) is 5.76. The van der Waals surface area contributed by atoms with E-state index in [0.29, 0.717) is 5.92 Å². The van der Waals surface area contributed by atoms with Crippen LogP contribution in [0.4, 0.5) is 0 Å². The Morgan fingerprint density at radius 1 is 1.45 bits per heavy atom. The zero-order valence-corrected chi connectivity index (χ0v) is 12.8. The van der Waals surface area contributed by atoms with Gasteiger partial charge in [-0.3, -0.25) is 4.90 Å². The molecule has 108 valence electrons. The van der Waals surface area contributed by atoms with Crippen molar-refractivity contribution >= 4 is 22.5 Å². The van der Waals surface area contributed by atoms with Crippen LogP contribution in [0.1, 0.15) is 17.7 Å². The SMILES string of the molecule is COC[C@@H]1CCN(Cc2[nH]c3ccc(Cl)cc3c2C)C1. The van der Waals surface area contributed by atoms with Gasteiger partial charge in [0.1, 0.15) is 0 Å². The fourth-order valence-electron chi connectivity index (χ4n) is 3.16. The van der Waals surface area contributed by atoms with Crippen molar-refractivity contribution in [1.82, 2.24) is 9.88 Å². The first kappa shape index (κ1) is 13.9. The molecular formula is C16H21ClN2O. The van der Waals surface area contributed by atoms with E-state index in [1.54, 1.807) is 7.11 Å². The van der Waals surface area contributed by atoms with Crippen LogP contribution in [0, 0.1) is 12.8 Å². The molecule has 1 saturated heterocycles. The first-order valence-corrected chi connectivity index (χ1v) is 7.53. The minimum Gasteiger partial charge on any atom is -0.384 e. The number of H-pyrrole nitrogens is 1. The highest BCUT2D eigenvalue weighted by Gasteiger charge is 2.23. The van der Waals surface area contributed by atoms with E-state index in [9.17, 15) is 0 Å². The molecule has 1 atom stereocenters. The number of nitrogens with zero attached hydrogens (tertiary/aromatic N) is 1. The van der Waals surface area contributed by atoms with E-state index in [0.717, 1.165) is 31.3 Å². The Kier molecular flexibility index (Phi) is 4.01. The van der Waals surface area contributed by atoms with Gasteiger partial charge in [-0.05, 0) is 49.6 Å². The number of fused-ring (bicyclic) bond motifs is 1. The van der Waals surface area contributed by atoms with Gasteiger partial charge in [-0.2, -0.15) is 0 Å². The highest BCUT2D eigenvalue weighted by Crippen LogP contribution is 2.27. The maximum atomic E-state index is 6.09. The highest BCUT2D eigenvalue weighted by atomic mass is 35.5. The van der Waals surface area contributed by atoms with Gasteiger partial charge in [-0.15, -0.1) is 0 Å². The van der Waals surface area contributed by atoms with Crippen LogP contribution in [0.2, 0.25) is 5.02 Å². The molecular weight excluding hydrogens is 272 g/mol. The molecule has 2 heterocycles. The van der Waals surface area contributed by atoms with Crippen molar-refractivity contribution in [2.75, 3.05) is 26.8 Å². The summed E-state index contributed by atoms with van der Waals surface area (Å²) >= 11 is 6.09. The maximum Gasteiger partial charge on any atom is 0.0503 e. The molecule has 3 nitrogen and oxygen atoms in total. The number of ether oxygens (including phenoxy) is 1. The fourth-order valence-corrected chi connectivity index (χ4v) is 3.34. The third-order valence-corrected chi connectivity index (χ3v) is 4.51. The number of rotatable bonds is 4. The van der Waals surface area contributed by atoms with Crippen molar-refractivity contribution in [1.29, 1.82) is 0 Å². The predicted molar refractivity (Wildman–Crippen MR) is 83.3 cm³/mol. The summed E-state index contributed by atoms with van der Waals surface area (Å²) in [5, 5.41) is 2.03. The molecule has 1 N–H and O–H groups in total. The van der Waals surface area contributed by atoms with Crippen LogP contribution in [0.5, 0.6) is 0 Å². The number of aromatic nitrogens is 1. The lowest BCUT2D eigenvalue weighted by atomic mass is 10.1. The number of aryl methyl sites for hydroxylation is 1. The second-order valence-corrected chi connectivity index (χ2v) is 6.20. The number of nitrogens with one attached hydrogen (secondary N) is 1. The summed E-state index contributed by atoms with van der Waals surface area (Å²) in [5.41, 5.74) is 3.80. The Morgan fingerprint density at radius 2 is 2.30 bits per heavy atom. The van der Waals surface area contributed by atoms with Crippen molar-refractivity contribution in [3.63, 3.8) is 0 Å². The highest BCUT2D eigenvalue weighted by molar-refractivity contribution is 6.31. The molecule has 20 heavy (non-hydrogen) atoms. The summed E-state index contributed by atoms with van der Waals surface area (Å²) in [6, 6.07) is 6.05. The van der Waals surface area contributed by atoms with Gasteiger partial charge in [0.05, 0.1) is 6.61 Å². The molecule has 0 spiro atoms. The van der Waals surface area contributed by atoms with Crippen LogP contribution < -0.4 is 0 Å². The Hall–Kier alpha value is -1.03. The molecule has 0 unspecified atom stereocenters. The van der Waals surface area contributed by atoms with Gasteiger partial charge in [0.2, 0.25) is 0 Å². The minimum atomic E-state index is 0.680. The predicted octanol–water partition coefficient (Wildman–Crippen LogP) is 3.60. The van der Waals surface area contributed by atoms with E-state index in [-0.39, 0.29) is 0 Å².